The van der Waals surface area contributed by atoms with Crippen LogP contribution in [0.5, 0.6) is 0 Å². The molecule has 6 heteroatoms. The maximum absolute atomic E-state index is 12.2. The van der Waals surface area contributed by atoms with Crippen molar-refractivity contribution in [3.8, 4) is 5.69 Å². The van der Waals surface area contributed by atoms with E-state index in [2.05, 4.69) is 20.8 Å². The van der Waals surface area contributed by atoms with Crippen molar-refractivity contribution in [3.63, 3.8) is 0 Å². The quantitative estimate of drug-likeness (QED) is 0.880. The Bertz CT molecular complexity index is 575. The van der Waals surface area contributed by atoms with E-state index in [9.17, 15) is 4.79 Å². The van der Waals surface area contributed by atoms with Crippen molar-refractivity contribution in [1.82, 2.24) is 20.1 Å². The molecule has 3 rings (SSSR count). The van der Waals surface area contributed by atoms with Crippen LogP contribution in [-0.4, -0.2) is 33.8 Å². The highest BCUT2D eigenvalue weighted by molar-refractivity contribution is 5.92. The van der Waals surface area contributed by atoms with E-state index in [1.165, 1.54) is 0 Å². The van der Waals surface area contributed by atoms with Crippen molar-refractivity contribution in [3.05, 3.63) is 36.9 Å². The standard InChI is InChI=1S/C14H17N5O/c20-14(11-4-6-15-7-5-11)18-12-2-1-3-13(8-12)19-9-16-17-10-19/h1-3,8-11,15H,4-7H2,(H,18,20). The topological polar surface area (TPSA) is 71.8 Å². The van der Waals surface area contributed by atoms with Crippen LogP contribution in [0.15, 0.2) is 36.9 Å². The zero-order valence-corrected chi connectivity index (χ0v) is 11.1. The van der Waals surface area contributed by atoms with Gasteiger partial charge in [-0.2, -0.15) is 0 Å². The third-order valence-electron chi connectivity index (χ3n) is 3.54. The Balaban J connectivity index is 1.71. The number of carbonyl (C=O) groups excluding carboxylic acids is 1. The molecule has 0 radical (unpaired) electrons. The lowest BCUT2D eigenvalue weighted by molar-refractivity contribution is -0.120. The van der Waals surface area contributed by atoms with Crippen molar-refractivity contribution < 1.29 is 4.79 Å². The second-order valence-corrected chi connectivity index (χ2v) is 4.93. The number of nitrogens with one attached hydrogen (secondary N) is 2. The van der Waals surface area contributed by atoms with E-state index in [-0.39, 0.29) is 11.8 Å². The van der Waals surface area contributed by atoms with Crippen LogP contribution in [-0.2, 0) is 4.79 Å². The Morgan fingerprint density at radius 2 is 2.00 bits per heavy atom. The predicted octanol–water partition coefficient (Wildman–Crippen LogP) is 1.21. The van der Waals surface area contributed by atoms with Crippen molar-refractivity contribution in [2.45, 2.75) is 12.8 Å². The van der Waals surface area contributed by atoms with Gasteiger partial charge in [-0.3, -0.25) is 9.36 Å². The highest BCUT2D eigenvalue weighted by Gasteiger charge is 2.20. The van der Waals surface area contributed by atoms with E-state index in [0.717, 1.165) is 37.3 Å². The Hall–Kier alpha value is -2.21. The number of aromatic nitrogens is 3. The summed E-state index contributed by atoms with van der Waals surface area (Å²) in [5.41, 5.74) is 1.73. The Morgan fingerprint density at radius 1 is 1.25 bits per heavy atom. The lowest BCUT2D eigenvalue weighted by Gasteiger charge is -2.21. The minimum absolute atomic E-state index is 0.104. The molecule has 1 aliphatic rings. The van der Waals surface area contributed by atoms with E-state index in [1.807, 2.05) is 24.3 Å². The van der Waals surface area contributed by atoms with Crippen LogP contribution < -0.4 is 10.6 Å². The highest BCUT2D eigenvalue weighted by atomic mass is 16.1. The minimum Gasteiger partial charge on any atom is -0.326 e. The molecule has 20 heavy (non-hydrogen) atoms. The van der Waals surface area contributed by atoms with Crippen LogP contribution in [0.25, 0.3) is 5.69 Å². The average molecular weight is 271 g/mol. The van der Waals surface area contributed by atoms with Crippen molar-refractivity contribution in [2.75, 3.05) is 18.4 Å². The summed E-state index contributed by atoms with van der Waals surface area (Å²) < 4.78 is 1.81. The number of benzene rings is 1. The molecule has 1 saturated heterocycles. The zero-order chi connectivity index (χ0) is 13.8. The minimum atomic E-state index is 0.104. The zero-order valence-electron chi connectivity index (χ0n) is 11.1. The number of nitrogens with zero attached hydrogens (tertiary/aromatic N) is 3. The van der Waals surface area contributed by atoms with Gasteiger partial charge >= 0.3 is 0 Å². The van der Waals surface area contributed by atoms with Crippen LogP contribution >= 0.6 is 0 Å². The molecule has 1 aromatic heterocycles. The number of amides is 1. The van der Waals surface area contributed by atoms with Crippen LogP contribution in [0, 0.1) is 5.92 Å². The molecule has 0 bridgehead atoms. The summed E-state index contributed by atoms with van der Waals surface area (Å²) in [5, 5.41) is 13.8. The van der Waals surface area contributed by atoms with E-state index >= 15 is 0 Å². The number of hydrogen-bond donors (Lipinski definition) is 2. The Kier molecular flexibility index (Phi) is 3.73. The fraction of sp³-hybridized carbons (Fsp3) is 0.357. The van der Waals surface area contributed by atoms with E-state index in [1.54, 1.807) is 17.2 Å². The lowest BCUT2D eigenvalue weighted by Crippen LogP contribution is -2.34. The van der Waals surface area contributed by atoms with Crippen LogP contribution in [0.1, 0.15) is 12.8 Å². The van der Waals surface area contributed by atoms with Crippen molar-refractivity contribution in [2.24, 2.45) is 5.92 Å². The van der Waals surface area contributed by atoms with Crippen LogP contribution in [0.4, 0.5) is 5.69 Å². The average Bonchev–Trinajstić information content (AvgIpc) is 3.03. The van der Waals surface area contributed by atoms with Gasteiger partial charge in [-0.1, -0.05) is 6.07 Å². The molecule has 1 fully saturated rings. The first-order valence-electron chi connectivity index (χ1n) is 6.79. The van der Waals surface area contributed by atoms with E-state index < -0.39 is 0 Å². The van der Waals surface area contributed by atoms with Gasteiger partial charge in [-0.15, -0.1) is 10.2 Å². The largest absolute Gasteiger partial charge is 0.326 e. The second-order valence-electron chi connectivity index (χ2n) is 4.93. The summed E-state index contributed by atoms with van der Waals surface area (Å²) in [4.78, 5) is 12.2. The van der Waals surface area contributed by atoms with Gasteiger partial charge in [0.1, 0.15) is 12.7 Å². The first-order chi connectivity index (χ1) is 9.83. The normalized spacial score (nSPS) is 16.0. The smallest absolute Gasteiger partial charge is 0.227 e. The summed E-state index contributed by atoms with van der Waals surface area (Å²) in [6.45, 7) is 1.83. The van der Waals surface area contributed by atoms with Gasteiger partial charge in [-0.05, 0) is 44.1 Å². The molecular formula is C14H17N5O. The first-order valence-corrected chi connectivity index (χ1v) is 6.79. The molecule has 104 valence electrons. The van der Waals surface area contributed by atoms with Crippen LogP contribution in [0.3, 0.4) is 0 Å². The van der Waals surface area contributed by atoms with Crippen LogP contribution in [0.2, 0.25) is 0 Å². The van der Waals surface area contributed by atoms with Gasteiger partial charge in [0.2, 0.25) is 5.91 Å². The Labute approximate surface area is 117 Å². The molecule has 2 heterocycles. The summed E-state index contributed by atoms with van der Waals surface area (Å²) in [5.74, 6) is 0.210. The third kappa shape index (κ3) is 2.85. The summed E-state index contributed by atoms with van der Waals surface area (Å²) in [6.07, 6.45) is 5.06. The lowest BCUT2D eigenvalue weighted by atomic mass is 9.97. The molecule has 1 aromatic carbocycles. The molecule has 0 atom stereocenters. The predicted molar refractivity (Wildman–Crippen MR) is 75.6 cm³/mol. The summed E-state index contributed by atoms with van der Waals surface area (Å²) in [6, 6.07) is 7.67. The maximum atomic E-state index is 12.2. The molecule has 2 N–H and O–H groups in total. The summed E-state index contributed by atoms with van der Waals surface area (Å²) >= 11 is 0. The highest BCUT2D eigenvalue weighted by Crippen LogP contribution is 2.18. The molecule has 0 unspecified atom stereocenters. The Morgan fingerprint density at radius 3 is 2.75 bits per heavy atom. The van der Waals surface area contributed by atoms with Gasteiger partial charge in [-0.25, -0.2) is 0 Å². The molecule has 0 spiro atoms. The van der Waals surface area contributed by atoms with Crippen molar-refractivity contribution >= 4 is 11.6 Å². The van der Waals surface area contributed by atoms with E-state index in [0.29, 0.717) is 0 Å². The molecule has 1 aliphatic heterocycles. The number of anilines is 1. The molecule has 0 aliphatic carbocycles. The first kappa shape index (κ1) is 12.8. The number of carbonyl (C=O) groups is 1. The molecule has 6 nitrogen and oxygen atoms in total. The molecule has 2 aromatic rings. The van der Waals surface area contributed by atoms with Gasteiger partial charge in [0.05, 0.1) is 5.69 Å². The van der Waals surface area contributed by atoms with Gasteiger partial charge in [0.25, 0.3) is 0 Å². The summed E-state index contributed by atoms with van der Waals surface area (Å²) in [7, 11) is 0. The fourth-order valence-corrected chi connectivity index (χ4v) is 2.41. The number of hydrogen-bond acceptors (Lipinski definition) is 4. The van der Waals surface area contributed by atoms with E-state index in [4.69, 9.17) is 0 Å². The third-order valence-corrected chi connectivity index (χ3v) is 3.54. The molecule has 0 saturated carbocycles. The molecule has 1 amide bonds. The van der Waals surface area contributed by atoms with Crippen molar-refractivity contribution in [1.29, 1.82) is 0 Å². The fourth-order valence-electron chi connectivity index (χ4n) is 2.41. The van der Waals surface area contributed by atoms with Gasteiger partial charge in [0.15, 0.2) is 0 Å². The number of rotatable bonds is 3. The van der Waals surface area contributed by atoms with Gasteiger partial charge in [0, 0.05) is 11.6 Å². The number of piperidine rings is 1. The second kappa shape index (κ2) is 5.83. The molecular weight excluding hydrogens is 254 g/mol. The maximum Gasteiger partial charge on any atom is 0.227 e. The van der Waals surface area contributed by atoms with Gasteiger partial charge < -0.3 is 10.6 Å². The monoisotopic (exact) mass is 271 g/mol. The SMILES string of the molecule is O=C(Nc1cccc(-n2cnnc2)c1)C1CCNCC1.